The number of anilines is 1. The number of hydrogen-bond donors (Lipinski definition) is 3. The third-order valence-electron chi connectivity index (χ3n) is 4.54. The maximum Gasteiger partial charge on any atom is 0.416 e. The van der Waals surface area contributed by atoms with Crippen molar-refractivity contribution in [2.75, 3.05) is 11.9 Å². The molecule has 0 radical (unpaired) electrons. The van der Waals surface area contributed by atoms with E-state index in [1.807, 2.05) is 13.8 Å². The number of nitrogens with one attached hydrogen (secondary N) is 2. The van der Waals surface area contributed by atoms with E-state index in [1.165, 1.54) is 17.8 Å². The summed E-state index contributed by atoms with van der Waals surface area (Å²) in [5.74, 6) is 0.758. The molecule has 11 heteroatoms. The topological polar surface area (TPSA) is 90.9 Å². The lowest BCUT2D eigenvalue weighted by atomic mass is 10.0. The zero-order valence-corrected chi connectivity index (χ0v) is 18.8. The van der Waals surface area contributed by atoms with Gasteiger partial charge in [0, 0.05) is 5.25 Å². The third-order valence-corrected chi connectivity index (χ3v) is 6.44. The van der Waals surface area contributed by atoms with Gasteiger partial charge in [0.1, 0.15) is 4.70 Å². The number of hydrogen-bond acceptors (Lipinski definition) is 7. The molecule has 3 N–H and O–H groups in total. The molecular formula is C20H23F3N4O2S2. The molecule has 1 unspecified atom stereocenters. The Balaban J connectivity index is 1.91. The summed E-state index contributed by atoms with van der Waals surface area (Å²) in [4.78, 5) is 23.1. The predicted octanol–water partition coefficient (Wildman–Crippen LogP) is 5.07. The van der Waals surface area contributed by atoms with Crippen LogP contribution in [0.25, 0.3) is 10.3 Å². The molecule has 0 fully saturated rings. The fourth-order valence-corrected chi connectivity index (χ4v) is 4.73. The fraction of sp³-hybridized carbons (Fsp3) is 0.450. The van der Waals surface area contributed by atoms with Crippen LogP contribution >= 0.6 is 23.1 Å². The minimum absolute atomic E-state index is 0.105. The molecular weight excluding hydrogens is 449 g/mol. The monoisotopic (exact) mass is 472 g/mol. The van der Waals surface area contributed by atoms with Crippen molar-refractivity contribution in [2.24, 2.45) is 5.92 Å². The van der Waals surface area contributed by atoms with E-state index in [0.717, 1.165) is 23.5 Å². The molecule has 2 aromatic heterocycles. The highest BCUT2D eigenvalue weighted by Gasteiger charge is 2.31. The molecule has 31 heavy (non-hydrogen) atoms. The number of aromatic amines is 1. The number of halogens is 3. The maximum absolute atomic E-state index is 13.0. The van der Waals surface area contributed by atoms with Crippen LogP contribution in [0.2, 0.25) is 0 Å². The van der Waals surface area contributed by atoms with Crippen molar-refractivity contribution in [3.63, 3.8) is 0 Å². The van der Waals surface area contributed by atoms with E-state index in [-0.39, 0.29) is 22.8 Å². The summed E-state index contributed by atoms with van der Waals surface area (Å²) in [6, 6.07) is 4.90. The first kappa shape index (κ1) is 23.6. The summed E-state index contributed by atoms with van der Waals surface area (Å²) < 4.78 is 39.7. The summed E-state index contributed by atoms with van der Waals surface area (Å²) in [6.45, 7) is 5.73. The number of thioether (sulfide) groups is 1. The second kappa shape index (κ2) is 9.58. The molecule has 0 aliphatic carbocycles. The number of aliphatic hydroxyl groups is 1. The number of nitrogens with zero attached hydrogens (tertiary/aromatic N) is 2. The third kappa shape index (κ3) is 5.98. The van der Waals surface area contributed by atoms with Crippen molar-refractivity contribution in [3.05, 3.63) is 45.1 Å². The summed E-state index contributed by atoms with van der Waals surface area (Å²) in [5, 5.41) is 12.8. The largest absolute Gasteiger partial charge is 0.416 e. The lowest BCUT2D eigenvalue weighted by Gasteiger charge is -2.19. The van der Waals surface area contributed by atoms with Gasteiger partial charge in [0.2, 0.25) is 0 Å². The highest BCUT2D eigenvalue weighted by molar-refractivity contribution is 7.99. The summed E-state index contributed by atoms with van der Waals surface area (Å²) in [5.41, 5.74) is 0.134. The average molecular weight is 473 g/mol. The van der Waals surface area contributed by atoms with Crippen LogP contribution in [-0.2, 0) is 6.18 Å². The van der Waals surface area contributed by atoms with Gasteiger partial charge in [-0.1, -0.05) is 55.1 Å². The van der Waals surface area contributed by atoms with Crippen LogP contribution in [-0.4, -0.2) is 32.7 Å². The molecule has 0 aliphatic rings. The fourth-order valence-electron chi connectivity index (χ4n) is 3.11. The van der Waals surface area contributed by atoms with Crippen LogP contribution in [0, 0.1) is 5.92 Å². The van der Waals surface area contributed by atoms with E-state index in [4.69, 9.17) is 0 Å². The van der Waals surface area contributed by atoms with Crippen LogP contribution in [0.3, 0.4) is 0 Å². The summed E-state index contributed by atoms with van der Waals surface area (Å²) in [6.07, 6.45) is -3.72. The van der Waals surface area contributed by atoms with Gasteiger partial charge in [-0.05, 0) is 30.9 Å². The lowest BCUT2D eigenvalue weighted by molar-refractivity contribution is -0.137. The minimum atomic E-state index is -4.42. The molecule has 6 nitrogen and oxygen atoms in total. The smallest absolute Gasteiger partial charge is 0.394 e. The van der Waals surface area contributed by atoms with Crippen molar-refractivity contribution in [1.29, 1.82) is 0 Å². The van der Waals surface area contributed by atoms with Gasteiger partial charge < -0.3 is 10.4 Å². The Kier molecular flexibility index (Phi) is 7.28. The molecule has 0 spiro atoms. The predicted molar refractivity (Wildman–Crippen MR) is 118 cm³/mol. The number of aromatic nitrogens is 3. The molecule has 0 bridgehead atoms. The first-order chi connectivity index (χ1) is 14.6. The van der Waals surface area contributed by atoms with E-state index in [9.17, 15) is 23.1 Å². The molecule has 0 saturated heterocycles. The van der Waals surface area contributed by atoms with Gasteiger partial charge in [0.05, 0.1) is 18.2 Å². The normalized spacial score (nSPS) is 14.2. The summed E-state index contributed by atoms with van der Waals surface area (Å²) >= 11 is 2.16. The zero-order valence-electron chi connectivity index (χ0n) is 17.2. The van der Waals surface area contributed by atoms with Crippen molar-refractivity contribution in [1.82, 2.24) is 15.0 Å². The van der Waals surface area contributed by atoms with Gasteiger partial charge in [0.25, 0.3) is 0 Å². The Labute approximate surface area is 185 Å². The van der Waals surface area contributed by atoms with Gasteiger partial charge in [-0.3, -0.25) is 9.78 Å². The highest BCUT2D eigenvalue weighted by atomic mass is 32.2. The lowest BCUT2D eigenvalue weighted by Crippen LogP contribution is -2.26. The van der Waals surface area contributed by atoms with E-state index in [0.29, 0.717) is 39.2 Å². The Morgan fingerprint density at radius 2 is 2.00 bits per heavy atom. The minimum Gasteiger partial charge on any atom is -0.394 e. The molecule has 1 aromatic carbocycles. The standard InChI is InChI=1S/C20H23F3N4O2S2/c1-10(2)7-14(9-28)24-16-15-17(27-19(29)31-15)26-18(25-16)30-11(3)12-5-4-6-13(8-12)20(21,22)23/h4-6,8,10-11,14,28H,7,9H2,1-3H3,(H2,24,25,26,27,29)/t11?,14-/m1/s1. The SMILES string of the molecule is CC(C)C[C@H](CO)Nc1nc(SC(C)c2cccc(C(F)(F)F)c2)nc2[nH]c(=O)sc12. The van der Waals surface area contributed by atoms with Crippen molar-refractivity contribution in [2.45, 2.75) is 49.8 Å². The molecule has 0 saturated carbocycles. The van der Waals surface area contributed by atoms with Gasteiger partial charge in [-0.15, -0.1) is 0 Å². The number of aliphatic hydroxyl groups excluding tert-OH is 1. The van der Waals surface area contributed by atoms with Gasteiger partial charge in [-0.2, -0.15) is 13.2 Å². The quantitative estimate of drug-likeness (QED) is 0.313. The summed E-state index contributed by atoms with van der Waals surface area (Å²) in [7, 11) is 0. The van der Waals surface area contributed by atoms with E-state index >= 15 is 0 Å². The molecule has 168 valence electrons. The Bertz CT molecular complexity index is 1100. The molecule has 3 rings (SSSR count). The van der Waals surface area contributed by atoms with Crippen LogP contribution in [0.4, 0.5) is 19.0 Å². The number of thiazole rings is 1. The average Bonchev–Trinajstić information content (AvgIpc) is 3.07. The number of benzene rings is 1. The number of alkyl halides is 3. The van der Waals surface area contributed by atoms with Gasteiger partial charge in [0.15, 0.2) is 16.6 Å². The zero-order chi connectivity index (χ0) is 22.8. The van der Waals surface area contributed by atoms with Crippen LogP contribution in [0.15, 0.2) is 34.2 Å². The molecule has 0 aliphatic heterocycles. The molecule has 2 atom stereocenters. The second-order valence-corrected chi connectivity index (χ2v) is 9.87. The van der Waals surface area contributed by atoms with Crippen molar-refractivity contribution >= 4 is 39.3 Å². The van der Waals surface area contributed by atoms with E-state index in [2.05, 4.69) is 20.3 Å². The number of rotatable bonds is 8. The van der Waals surface area contributed by atoms with E-state index in [1.54, 1.807) is 13.0 Å². The Hall–Kier alpha value is -2.11. The van der Waals surface area contributed by atoms with Crippen LogP contribution in [0.5, 0.6) is 0 Å². The van der Waals surface area contributed by atoms with E-state index < -0.39 is 11.7 Å². The van der Waals surface area contributed by atoms with Crippen molar-refractivity contribution in [3.8, 4) is 0 Å². The molecule has 3 aromatic rings. The van der Waals surface area contributed by atoms with Gasteiger partial charge in [-0.25, -0.2) is 9.97 Å². The van der Waals surface area contributed by atoms with Crippen LogP contribution in [0.1, 0.15) is 43.6 Å². The second-order valence-electron chi connectivity index (χ2n) is 7.58. The first-order valence-electron chi connectivity index (χ1n) is 9.69. The Morgan fingerprint density at radius 3 is 2.65 bits per heavy atom. The van der Waals surface area contributed by atoms with Crippen LogP contribution < -0.4 is 10.2 Å². The highest BCUT2D eigenvalue weighted by Crippen LogP contribution is 2.37. The van der Waals surface area contributed by atoms with Gasteiger partial charge >= 0.3 is 11.0 Å². The first-order valence-corrected chi connectivity index (χ1v) is 11.4. The van der Waals surface area contributed by atoms with Crippen molar-refractivity contribution < 1.29 is 18.3 Å². The molecule has 0 amide bonds. The number of H-pyrrole nitrogens is 1. The maximum atomic E-state index is 13.0. The molecule has 2 heterocycles. The Morgan fingerprint density at radius 1 is 1.26 bits per heavy atom. The number of fused-ring (bicyclic) bond motifs is 1.